The maximum Gasteiger partial charge on any atom is 0.0483 e. The van der Waals surface area contributed by atoms with Gasteiger partial charge in [-0.25, -0.2) is 0 Å². The lowest BCUT2D eigenvalue weighted by atomic mass is 10.1. The van der Waals surface area contributed by atoms with Crippen LogP contribution < -0.4 is 5.32 Å². The Morgan fingerprint density at radius 3 is 2.65 bits per heavy atom. The van der Waals surface area contributed by atoms with Crippen LogP contribution in [-0.2, 0) is 6.54 Å². The molecule has 1 aromatic heterocycles. The Morgan fingerprint density at radius 1 is 1.10 bits per heavy atom. The summed E-state index contributed by atoms with van der Waals surface area (Å²) in [6, 6.07) is 8.75. The summed E-state index contributed by atoms with van der Waals surface area (Å²) >= 11 is 0. The molecule has 1 aromatic carbocycles. The summed E-state index contributed by atoms with van der Waals surface area (Å²) in [5.41, 5.74) is 2.70. The average molecular weight is 273 g/mol. The van der Waals surface area contributed by atoms with Gasteiger partial charge in [-0.15, -0.1) is 0 Å². The van der Waals surface area contributed by atoms with Crippen molar-refractivity contribution in [1.82, 2.24) is 14.8 Å². The summed E-state index contributed by atoms with van der Waals surface area (Å²) in [7, 11) is 0. The standard InChI is InChI=1S/C17H27N3/c1-4-19(5-2)13-10-18-11-14-20-12-9-16-15(3)7-6-8-17(16)20/h6-9,12,18H,4-5,10-11,13-14H2,1-3H3. The van der Waals surface area contributed by atoms with Crippen LogP contribution >= 0.6 is 0 Å². The maximum absolute atomic E-state index is 3.54. The lowest BCUT2D eigenvalue weighted by molar-refractivity contribution is 0.302. The van der Waals surface area contributed by atoms with Crippen molar-refractivity contribution in [3.8, 4) is 0 Å². The third kappa shape index (κ3) is 3.62. The molecule has 0 saturated heterocycles. The molecule has 0 unspecified atom stereocenters. The van der Waals surface area contributed by atoms with E-state index in [0.29, 0.717) is 0 Å². The number of nitrogens with zero attached hydrogens (tertiary/aromatic N) is 2. The summed E-state index contributed by atoms with van der Waals surface area (Å²) in [5.74, 6) is 0. The Morgan fingerprint density at radius 2 is 1.90 bits per heavy atom. The minimum Gasteiger partial charge on any atom is -0.346 e. The first-order valence-corrected chi connectivity index (χ1v) is 7.73. The van der Waals surface area contributed by atoms with Gasteiger partial charge in [-0.2, -0.15) is 0 Å². The molecule has 0 bridgehead atoms. The molecular weight excluding hydrogens is 246 g/mol. The van der Waals surface area contributed by atoms with Gasteiger partial charge in [0.25, 0.3) is 0 Å². The molecule has 110 valence electrons. The van der Waals surface area contributed by atoms with Crippen molar-refractivity contribution in [3.63, 3.8) is 0 Å². The highest BCUT2D eigenvalue weighted by Gasteiger charge is 2.02. The van der Waals surface area contributed by atoms with Crippen LogP contribution in [0, 0.1) is 6.92 Å². The van der Waals surface area contributed by atoms with Crippen molar-refractivity contribution in [1.29, 1.82) is 0 Å². The zero-order chi connectivity index (χ0) is 14.4. The first kappa shape index (κ1) is 15.1. The van der Waals surface area contributed by atoms with E-state index in [2.05, 4.69) is 66.0 Å². The molecule has 3 heteroatoms. The second-order valence-corrected chi connectivity index (χ2v) is 5.29. The number of hydrogen-bond donors (Lipinski definition) is 1. The van der Waals surface area contributed by atoms with Crippen LogP contribution in [0.1, 0.15) is 19.4 Å². The molecule has 3 nitrogen and oxygen atoms in total. The minimum atomic E-state index is 1.03. The van der Waals surface area contributed by atoms with E-state index in [1.54, 1.807) is 0 Å². The van der Waals surface area contributed by atoms with Crippen molar-refractivity contribution in [2.75, 3.05) is 32.7 Å². The van der Waals surface area contributed by atoms with Gasteiger partial charge in [-0.1, -0.05) is 26.0 Å². The van der Waals surface area contributed by atoms with E-state index in [9.17, 15) is 0 Å². The normalized spacial score (nSPS) is 11.6. The van der Waals surface area contributed by atoms with E-state index >= 15 is 0 Å². The Balaban J connectivity index is 1.80. The van der Waals surface area contributed by atoms with Gasteiger partial charge in [0.15, 0.2) is 0 Å². The van der Waals surface area contributed by atoms with Gasteiger partial charge in [0.05, 0.1) is 0 Å². The Kier molecular flexibility index (Phi) is 5.62. The molecule has 2 aromatic rings. The molecule has 0 amide bonds. The number of likely N-dealkylation sites (N-methyl/N-ethyl adjacent to an activating group) is 1. The van der Waals surface area contributed by atoms with E-state index in [1.165, 1.54) is 16.5 Å². The van der Waals surface area contributed by atoms with E-state index in [-0.39, 0.29) is 0 Å². The van der Waals surface area contributed by atoms with E-state index in [1.807, 2.05) is 0 Å². The molecule has 1 heterocycles. The number of hydrogen-bond acceptors (Lipinski definition) is 2. The molecule has 0 spiro atoms. The second kappa shape index (κ2) is 7.46. The van der Waals surface area contributed by atoms with Gasteiger partial charge in [0.2, 0.25) is 0 Å². The Labute approximate surface area is 122 Å². The fourth-order valence-electron chi connectivity index (χ4n) is 2.67. The molecule has 0 aliphatic rings. The van der Waals surface area contributed by atoms with Crippen LogP contribution in [0.15, 0.2) is 30.5 Å². The van der Waals surface area contributed by atoms with Crippen LogP contribution in [0.25, 0.3) is 10.9 Å². The smallest absolute Gasteiger partial charge is 0.0483 e. The van der Waals surface area contributed by atoms with Crippen molar-refractivity contribution in [2.24, 2.45) is 0 Å². The van der Waals surface area contributed by atoms with Crippen LogP contribution in [0.3, 0.4) is 0 Å². The Hall–Kier alpha value is -1.32. The molecule has 0 aliphatic heterocycles. The fourth-order valence-corrected chi connectivity index (χ4v) is 2.67. The minimum absolute atomic E-state index is 1.03. The monoisotopic (exact) mass is 273 g/mol. The van der Waals surface area contributed by atoms with Crippen LogP contribution in [0.5, 0.6) is 0 Å². The van der Waals surface area contributed by atoms with Gasteiger partial charge in [0, 0.05) is 43.3 Å². The molecule has 0 saturated carbocycles. The van der Waals surface area contributed by atoms with E-state index < -0.39 is 0 Å². The quantitative estimate of drug-likeness (QED) is 0.746. The summed E-state index contributed by atoms with van der Waals surface area (Å²) < 4.78 is 2.34. The summed E-state index contributed by atoms with van der Waals surface area (Å²) in [5, 5.41) is 4.91. The summed E-state index contributed by atoms with van der Waals surface area (Å²) in [4.78, 5) is 2.45. The molecule has 1 N–H and O–H groups in total. The topological polar surface area (TPSA) is 20.2 Å². The van der Waals surface area contributed by atoms with Crippen LogP contribution in [0.4, 0.5) is 0 Å². The highest BCUT2D eigenvalue weighted by atomic mass is 15.1. The van der Waals surface area contributed by atoms with Gasteiger partial charge in [-0.3, -0.25) is 0 Å². The third-order valence-corrected chi connectivity index (χ3v) is 4.06. The maximum atomic E-state index is 3.54. The lowest BCUT2D eigenvalue weighted by Crippen LogP contribution is -2.33. The summed E-state index contributed by atoms with van der Waals surface area (Å²) in [6.45, 7) is 13.2. The van der Waals surface area contributed by atoms with Crippen molar-refractivity contribution < 1.29 is 0 Å². The summed E-state index contributed by atoms with van der Waals surface area (Å²) in [6.07, 6.45) is 2.20. The molecule has 2 rings (SSSR count). The van der Waals surface area contributed by atoms with Crippen LogP contribution in [-0.4, -0.2) is 42.2 Å². The van der Waals surface area contributed by atoms with Crippen LogP contribution in [0.2, 0.25) is 0 Å². The first-order valence-electron chi connectivity index (χ1n) is 7.73. The van der Waals surface area contributed by atoms with Gasteiger partial charge >= 0.3 is 0 Å². The van der Waals surface area contributed by atoms with Gasteiger partial charge in [-0.05, 0) is 37.7 Å². The predicted octanol–water partition coefficient (Wildman–Crippen LogP) is 2.88. The van der Waals surface area contributed by atoms with Crippen molar-refractivity contribution >= 4 is 10.9 Å². The zero-order valence-electron chi connectivity index (χ0n) is 13.0. The van der Waals surface area contributed by atoms with Crippen molar-refractivity contribution in [3.05, 3.63) is 36.0 Å². The molecule has 20 heavy (non-hydrogen) atoms. The number of aryl methyl sites for hydroxylation is 1. The second-order valence-electron chi connectivity index (χ2n) is 5.29. The van der Waals surface area contributed by atoms with Gasteiger partial charge in [0.1, 0.15) is 0 Å². The number of aromatic nitrogens is 1. The SMILES string of the molecule is CCN(CC)CCNCCn1ccc2c(C)cccc21. The molecular formula is C17H27N3. The highest BCUT2D eigenvalue weighted by Crippen LogP contribution is 2.19. The van der Waals surface area contributed by atoms with Gasteiger partial charge < -0.3 is 14.8 Å². The molecule has 0 aliphatic carbocycles. The molecule has 0 fully saturated rings. The fraction of sp³-hybridized carbons (Fsp3) is 0.529. The molecule has 0 radical (unpaired) electrons. The number of benzene rings is 1. The predicted molar refractivity (Wildman–Crippen MR) is 87.3 cm³/mol. The first-order chi connectivity index (χ1) is 9.76. The number of fused-ring (bicyclic) bond motifs is 1. The van der Waals surface area contributed by atoms with E-state index in [4.69, 9.17) is 0 Å². The number of nitrogens with one attached hydrogen (secondary N) is 1. The largest absolute Gasteiger partial charge is 0.346 e. The third-order valence-electron chi connectivity index (χ3n) is 4.06. The zero-order valence-corrected chi connectivity index (χ0v) is 13.0. The number of rotatable bonds is 8. The lowest BCUT2D eigenvalue weighted by Gasteiger charge is -2.18. The van der Waals surface area contributed by atoms with E-state index in [0.717, 1.165) is 39.3 Å². The average Bonchev–Trinajstić information content (AvgIpc) is 2.88. The highest BCUT2D eigenvalue weighted by molar-refractivity contribution is 5.83. The molecule has 0 atom stereocenters. The Bertz CT molecular complexity index is 526. The van der Waals surface area contributed by atoms with Crippen molar-refractivity contribution in [2.45, 2.75) is 27.3 Å².